The van der Waals surface area contributed by atoms with Gasteiger partial charge < -0.3 is 15.0 Å². The van der Waals surface area contributed by atoms with E-state index in [1.807, 2.05) is 37.3 Å². The summed E-state index contributed by atoms with van der Waals surface area (Å²) in [5.41, 5.74) is 4.03. The van der Waals surface area contributed by atoms with Crippen molar-refractivity contribution in [2.75, 3.05) is 12.4 Å². The maximum atomic E-state index is 13.1. The normalized spacial score (nSPS) is 12.8. The molecular formula is C22H19ClN2O3S. The molecular weight excluding hydrogens is 408 g/mol. The Balaban J connectivity index is 1.55. The fraction of sp³-hybridized carbons (Fsp3) is 0.182. The van der Waals surface area contributed by atoms with Crippen LogP contribution in [0.2, 0.25) is 4.34 Å². The minimum absolute atomic E-state index is 0.0893. The molecule has 0 saturated carbocycles. The van der Waals surface area contributed by atoms with Crippen LogP contribution in [0.3, 0.4) is 0 Å². The number of thiophene rings is 1. The molecule has 7 heteroatoms. The van der Waals surface area contributed by atoms with Crippen molar-refractivity contribution in [2.45, 2.75) is 20.0 Å². The van der Waals surface area contributed by atoms with Crippen LogP contribution in [0, 0.1) is 6.92 Å². The molecule has 4 rings (SSSR count). The Morgan fingerprint density at radius 3 is 2.76 bits per heavy atom. The van der Waals surface area contributed by atoms with Crippen molar-refractivity contribution < 1.29 is 14.3 Å². The van der Waals surface area contributed by atoms with E-state index < -0.39 is 0 Å². The standard InChI is InChI=1S/C22H19ClN2O3S/c1-13-10-14(6-7-17(13)28-2)11-25-12-15-4-3-5-16(20(15)22(25)27)24-21(26)18-8-9-19(23)29-18/h3-10H,11-12H2,1-2H3,(H,24,26). The summed E-state index contributed by atoms with van der Waals surface area (Å²) >= 11 is 7.12. The Hall–Kier alpha value is -2.83. The van der Waals surface area contributed by atoms with Gasteiger partial charge in [-0.3, -0.25) is 9.59 Å². The van der Waals surface area contributed by atoms with Crippen LogP contribution >= 0.6 is 22.9 Å². The number of hydrogen-bond donors (Lipinski definition) is 1. The van der Waals surface area contributed by atoms with Crippen molar-refractivity contribution in [2.24, 2.45) is 0 Å². The number of aryl methyl sites for hydroxylation is 1. The molecule has 1 aliphatic heterocycles. The van der Waals surface area contributed by atoms with Gasteiger partial charge in [-0.25, -0.2) is 0 Å². The molecule has 0 atom stereocenters. The van der Waals surface area contributed by atoms with Crippen LogP contribution in [0.4, 0.5) is 5.69 Å². The number of hydrogen-bond acceptors (Lipinski definition) is 4. The third-order valence-corrected chi connectivity index (χ3v) is 6.12. The molecule has 0 unspecified atom stereocenters. The van der Waals surface area contributed by atoms with E-state index in [0.29, 0.717) is 33.6 Å². The third-order valence-electron chi connectivity index (χ3n) is 4.89. The molecule has 1 aliphatic rings. The molecule has 0 fully saturated rings. The van der Waals surface area contributed by atoms with Crippen molar-refractivity contribution in [3.05, 3.63) is 80.0 Å². The van der Waals surface area contributed by atoms with Gasteiger partial charge in [-0.05, 0) is 47.9 Å². The second-order valence-electron chi connectivity index (χ2n) is 6.86. The number of carbonyl (C=O) groups excluding carboxylic acids is 2. The molecule has 2 heterocycles. The lowest BCUT2D eigenvalue weighted by Gasteiger charge is -2.17. The number of amides is 2. The predicted molar refractivity (Wildman–Crippen MR) is 115 cm³/mol. The van der Waals surface area contributed by atoms with Gasteiger partial charge in [0.15, 0.2) is 0 Å². The number of ether oxygens (including phenoxy) is 1. The van der Waals surface area contributed by atoms with Crippen molar-refractivity contribution in [1.82, 2.24) is 4.90 Å². The Labute approximate surface area is 177 Å². The number of methoxy groups -OCH3 is 1. The first-order valence-electron chi connectivity index (χ1n) is 9.07. The number of nitrogens with one attached hydrogen (secondary N) is 1. The number of halogens is 1. The molecule has 1 aromatic heterocycles. The zero-order valence-electron chi connectivity index (χ0n) is 16.0. The summed E-state index contributed by atoms with van der Waals surface area (Å²) < 4.78 is 5.85. The summed E-state index contributed by atoms with van der Waals surface area (Å²) in [6.45, 7) is 2.98. The molecule has 5 nitrogen and oxygen atoms in total. The SMILES string of the molecule is COc1ccc(CN2Cc3cccc(NC(=O)c4ccc(Cl)s4)c3C2=O)cc1C. The second-order valence-corrected chi connectivity index (χ2v) is 8.58. The van der Waals surface area contributed by atoms with E-state index in [9.17, 15) is 9.59 Å². The first-order valence-corrected chi connectivity index (χ1v) is 10.3. The summed E-state index contributed by atoms with van der Waals surface area (Å²) in [5.74, 6) is 0.462. The number of benzene rings is 2. The van der Waals surface area contributed by atoms with Crippen LogP contribution in [0.15, 0.2) is 48.5 Å². The van der Waals surface area contributed by atoms with Gasteiger partial charge in [-0.15, -0.1) is 11.3 Å². The van der Waals surface area contributed by atoms with Gasteiger partial charge in [0.25, 0.3) is 11.8 Å². The molecule has 0 aliphatic carbocycles. The maximum Gasteiger partial charge on any atom is 0.265 e. The zero-order chi connectivity index (χ0) is 20.5. The lowest BCUT2D eigenvalue weighted by molar-refractivity contribution is 0.0767. The van der Waals surface area contributed by atoms with Crippen LogP contribution in [-0.4, -0.2) is 23.8 Å². The average molecular weight is 427 g/mol. The first-order chi connectivity index (χ1) is 14.0. The summed E-state index contributed by atoms with van der Waals surface area (Å²) in [7, 11) is 1.64. The van der Waals surface area contributed by atoms with E-state index in [0.717, 1.165) is 22.4 Å². The number of nitrogens with zero attached hydrogens (tertiary/aromatic N) is 1. The Kier molecular flexibility index (Phi) is 5.30. The van der Waals surface area contributed by atoms with Gasteiger partial charge in [-0.2, -0.15) is 0 Å². The van der Waals surface area contributed by atoms with Gasteiger partial charge in [0.1, 0.15) is 5.75 Å². The minimum atomic E-state index is -0.271. The molecule has 0 spiro atoms. The summed E-state index contributed by atoms with van der Waals surface area (Å²) in [6, 6.07) is 14.8. The highest BCUT2D eigenvalue weighted by atomic mass is 35.5. The van der Waals surface area contributed by atoms with Crippen molar-refractivity contribution in [3.63, 3.8) is 0 Å². The lowest BCUT2D eigenvalue weighted by atomic mass is 10.1. The number of anilines is 1. The average Bonchev–Trinajstić information content (AvgIpc) is 3.26. The van der Waals surface area contributed by atoms with Gasteiger partial charge in [0.2, 0.25) is 0 Å². The predicted octanol–water partition coefficient (Wildman–Crippen LogP) is 5.13. The van der Waals surface area contributed by atoms with Gasteiger partial charge in [-0.1, -0.05) is 35.9 Å². The second kappa shape index (κ2) is 7.89. The molecule has 0 saturated heterocycles. The van der Waals surface area contributed by atoms with Crippen LogP contribution < -0.4 is 10.1 Å². The van der Waals surface area contributed by atoms with Gasteiger partial charge >= 0.3 is 0 Å². The van der Waals surface area contributed by atoms with Crippen LogP contribution in [-0.2, 0) is 13.1 Å². The van der Waals surface area contributed by atoms with Crippen molar-refractivity contribution in [1.29, 1.82) is 0 Å². The minimum Gasteiger partial charge on any atom is -0.496 e. The molecule has 29 heavy (non-hydrogen) atoms. The number of fused-ring (bicyclic) bond motifs is 1. The molecule has 0 radical (unpaired) electrons. The molecule has 0 bridgehead atoms. The molecule has 1 N–H and O–H groups in total. The first kappa shape index (κ1) is 19.5. The van der Waals surface area contributed by atoms with Crippen LogP contribution in [0.1, 0.15) is 36.7 Å². The van der Waals surface area contributed by atoms with Crippen molar-refractivity contribution in [3.8, 4) is 5.75 Å². The highest BCUT2D eigenvalue weighted by Gasteiger charge is 2.30. The number of carbonyl (C=O) groups is 2. The summed E-state index contributed by atoms with van der Waals surface area (Å²) in [6.07, 6.45) is 0. The van der Waals surface area contributed by atoms with Gasteiger partial charge in [0, 0.05) is 13.1 Å². The van der Waals surface area contributed by atoms with Crippen LogP contribution in [0.5, 0.6) is 5.75 Å². The summed E-state index contributed by atoms with van der Waals surface area (Å²) in [4.78, 5) is 27.9. The largest absolute Gasteiger partial charge is 0.496 e. The zero-order valence-corrected chi connectivity index (χ0v) is 17.6. The van der Waals surface area contributed by atoms with Gasteiger partial charge in [0.05, 0.1) is 27.6 Å². The van der Waals surface area contributed by atoms with E-state index >= 15 is 0 Å². The van der Waals surface area contributed by atoms with E-state index in [2.05, 4.69) is 5.32 Å². The molecule has 148 valence electrons. The monoisotopic (exact) mass is 426 g/mol. The highest BCUT2D eigenvalue weighted by Crippen LogP contribution is 2.32. The van der Waals surface area contributed by atoms with E-state index in [4.69, 9.17) is 16.3 Å². The van der Waals surface area contributed by atoms with Crippen molar-refractivity contribution >= 4 is 40.4 Å². The Morgan fingerprint density at radius 2 is 2.07 bits per heavy atom. The fourth-order valence-electron chi connectivity index (χ4n) is 3.53. The smallest absolute Gasteiger partial charge is 0.265 e. The quantitative estimate of drug-likeness (QED) is 0.615. The Morgan fingerprint density at radius 1 is 1.24 bits per heavy atom. The van der Waals surface area contributed by atoms with Crippen LogP contribution in [0.25, 0.3) is 0 Å². The maximum absolute atomic E-state index is 13.1. The van der Waals surface area contributed by atoms with E-state index in [-0.39, 0.29) is 11.8 Å². The molecule has 2 amide bonds. The molecule has 3 aromatic rings. The van der Waals surface area contributed by atoms with E-state index in [1.54, 1.807) is 30.2 Å². The van der Waals surface area contributed by atoms with E-state index in [1.165, 1.54) is 11.3 Å². The third kappa shape index (κ3) is 3.86. The number of rotatable bonds is 5. The lowest BCUT2D eigenvalue weighted by Crippen LogP contribution is -2.24. The summed E-state index contributed by atoms with van der Waals surface area (Å²) in [5, 5.41) is 2.86. The fourth-order valence-corrected chi connectivity index (χ4v) is 4.47. The molecule has 2 aromatic carbocycles. The highest BCUT2D eigenvalue weighted by molar-refractivity contribution is 7.18. The topological polar surface area (TPSA) is 58.6 Å². The Bertz CT molecular complexity index is 1110.